The first-order valence-corrected chi connectivity index (χ1v) is 5.98. The molecule has 0 aliphatic rings. The summed E-state index contributed by atoms with van der Waals surface area (Å²) >= 11 is 0. The SMILES string of the molecule is COCCC(C)Oc1ccc(C)cc1[C@@H](C)O. The number of rotatable bonds is 6. The van der Waals surface area contributed by atoms with Gasteiger partial charge in [-0.05, 0) is 32.9 Å². The summed E-state index contributed by atoms with van der Waals surface area (Å²) in [6, 6.07) is 5.87. The zero-order chi connectivity index (χ0) is 12.8. The molecule has 2 atom stereocenters. The molecule has 0 radical (unpaired) electrons. The van der Waals surface area contributed by atoms with Crippen LogP contribution in [0.1, 0.15) is 37.5 Å². The third kappa shape index (κ3) is 4.36. The fourth-order valence-electron chi connectivity index (χ4n) is 1.66. The summed E-state index contributed by atoms with van der Waals surface area (Å²) in [5.74, 6) is 0.759. The van der Waals surface area contributed by atoms with Gasteiger partial charge in [0.25, 0.3) is 0 Å². The Morgan fingerprint density at radius 1 is 1.29 bits per heavy atom. The Morgan fingerprint density at radius 2 is 2.00 bits per heavy atom. The van der Waals surface area contributed by atoms with Gasteiger partial charge in [-0.3, -0.25) is 0 Å². The molecule has 1 unspecified atom stereocenters. The maximum atomic E-state index is 9.71. The molecule has 3 heteroatoms. The van der Waals surface area contributed by atoms with E-state index in [0.29, 0.717) is 6.61 Å². The zero-order valence-corrected chi connectivity index (χ0v) is 11.1. The molecule has 0 fully saturated rings. The van der Waals surface area contributed by atoms with Gasteiger partial charge in [-0.25, -0.2) is 0 Å². The summed E-state index contributed by atoms with van der Waals surface area (Å²) in [5, 5.41) is 9.71. The van der Waals surface area contributed by atoms with E-state index in [9.17, 15) is 5.11 Å². The van der Waals surface area contributed by atoms with E-state index in [2.05, 4.69) is 0 Å². The third-order valence-corrected chi connectivity index (χ3v) is 2.67. The minimum atomic E-state index is -0.514. The van der Waals surface area contributed by atoms with E-state index >= 15 is 0 Å². The number of benzene rings is 1. The van der Waals surface area contributed by atoms with E-state index in [0.717, 1.165) is 23.3 Å². The number of ether oxygens (including phenoxy) is 2. The summed E-state index contributed by atoms with van der Waals surface area (Å²) in [7, 11) is 1.68. The van der Waals surface area contributed by atoms with Crippen LogP contribution in [0.3, 0.4) is 0 Å². The molecule has 0 saturated carbocycles. The molecule has 1 N–H and O–H groups in total. The van der Waals surface area contributed by atoms with Crippen LogP contribution in [0.4, 0.5) is 0 Å². The highest BCUT2D eigenvalue weighted by Gasteiger charge is 2.12. The molecule has 1 aromatic carbocycles. The van der Waals surface area contributed by atoms with Gasteiger partial charge >= 0.3 is 0 Å². The van der Waals surface area contributed by atoms with Crippen molar-refractivity contribution in [3.63, 3.8) is 0 Å². The molecule has 3 nitrogen and oxygen atoms in total. The smallest absolute Gasteiger partial charge is 0.125 e. The summed E-state index contributed by atoms with van der Waals surface area (Å²) in [5.41, 5.74) is 1.96. The molecule has 96 valence electrons. The van der Waals surface area contributed by atoms with Gasteiger partial charge in [-0.15, -0.1) is 0 Å². The van der Waals surface area contributed by atoms with E-state index in [-0.39, 0.29) is 6.10 Å². The Kier molecular flexibility index (Phi) is 5.45. The fourth-order valence-corrected chi connectivity index (χ4v) is 1.66. The van der Waals surface area contributed by atoms with Gasteiger partial charge in [0.1, 0.15) is 5.75 Å². The molecule has 0 aliphatic heterocycles. The van der Waals surface area contributed by atoms with Crippen LogP contribution >= 0.6 is 0 Å². The zero-order valence-electron chi connectivity index (χ0n) is 11.1. The summed E-state index contributed by atoms with van der Waals surface area (Å²) in [4.78, 5) is 0. The molecule has 0 heterocycles. The first-order valence-electron chi connectivity index (χ1n) is 5.98. The van der Waals surface area contributed by atoms with Crippen molar-refractivity contribution in [2.45, 2.75) is 39.4 Å². The lowest BCUT2D eigenvalue weighted by Gasteiger charge is -2.19. The van der Waals surface area contributed by atoms with Crippen molar-refractivity contribution >= 4 is 0 Å². The van der Waals surface area contributed by atoms with Crippen LogP contribution < -0.4 is 4.74 Å². The molecule has 0 saturated heterocycles. The lowest BCUT2D eigenvalue weighted by molar-refractivity contribution is 0.130. The normalized spacial score (nSPS) is 14.4. The highest BCUT2D eigenvalue weighted by atomic mass is 16.5. The first-order chi connectivity index (χ1) is 8.04. The average molecular weight is 238 g/mol. The second-order valence-corrected chi connectivity index (χ2v) is 4.43. The molecule has 0 spiro atoms. The fraction of sp³-hybridized carbons (Fsp3) is 0.571. The number of aryl methyl sites for hydroxylation is 1. The van der Waals surface area contributed by atoms with Crippen LogP contribution in [-0.2, 0) is 4.74 Å². The lowest BCUT2D eigenvalue weighted by atomic mass is 10.1. The first kappa shape index (κ1) is 14.0. The minimum absolute atomic E-state index is 0.0788. The highest BCUT2D eigenvalue weighted by Crippen LogP contribution is 2.27. The van der Waals surface area contributed by atoms with Crippen molar-refractivity contribution in [3.8, 4) is 5.75 Å². The molecule has 0 bridgehead atoms. The van der Waals surface area contributed by atoms with Crippen molar-refractivity contribution in [1.82, 2.24) is 0 Å². The third-order valence-electron chi connectivity index (χ3n) is 2.67. The number of hydrogen-bond donors (Lipinski definition) is 1. The highest BCUT2D eigenvalue weighted by molar-refractivity contribution is 5.38. The van der Waals surface area contributed by atoms with Gasteiger partial charge in [0.15, 0.2) is 0 Å². The molecule has 1 aromatic rings. The van der Waals surface area contributed by atoms with Gasteiger partial charge in [-0.2, -0.15) is 0 Å². The van der Waals surface area contributed by atoms with E-state index in [1.54, 1.807) is 14.0 Å². The second kappa shape index (κ2) is 6.62. The van der Waals surface area contributed by atoms with E-state index < -0.39 is 6.10 Å². The Bertz CT molecular complexity index is 347. The van der Waals surface area contributed by atoms with Gasteiger partial charge in [-0.1, -0.05) is 11.6 Å². The molecule has 1 rings (SSSR count). The van der Waals surface area contributed by atoms with Gasteiger partial charge in [0.05, 0.1) is 12.2 Å². The topological polar surface area (TPSA) is 38.7 Å². The minimum Gasteiger partial charge on any atom is -0.490 e. The van der Waals surface area contributed by atoms with Crippen molar-refractivity contribution in [3.05, 3.63) is 29.3 Å². The summed E-state index contributed by atoms with van der Waals surface area (Å²) in [6.07, 6.45) is 0.401. The predicted molar refractivity (Wildman–Crippen MR) is 68.4 cm³/mol. The maximum Gasteiger partial charge on any atom is 0.125 e. The van der Waals surface area contributed by atoms with Crippen LogP contribution in [-0.4, -0.2) is 24.9 Å². The predicted octanol–water partition coefficient (Wildman–Crippen LogP) is 2.85. The summed E-state index contributed by atoms with van der Waals surface area (Å²) in [6.45, 7) is 6.44. The van der Waals surface area contributed by atoms with Crippen LogP contribution in [0.5, 0.6) is 5.75 Å². The quantitative estimate of drug-likeness (QED) is 0.828. The van der Waals surface area contributed by atoms with Gasteiger partial charge < -0.3 is 14.6 Å². The number of methoxy groups -OCH3 is 1. The molecular weight excluding hydrogens is 216 g/mol. The van der Waals surface area contributed by atoms with E-state index in [4.69, 9.17) is 9.47 Å². The maximum absolute atomic E-state index is 9.71. The average Bonchev–Trinajstić information content (AvgIpc) is 2.28. The van der Waals surface area contributed by atoms with Crippen LogP contribution in [0.2, 0.25) is 0 Å². The second-order valence-electron chi connectivity index (χ2n) is 4.43. The number of aliphatic hydroxyl groups excluding tert-OH is 1. The van der Waals surface area contributed by atoms with E-state index in [1.165, 1.54) is 0 Å². The molecule has 0 amide bonds. The van der Waals surface area contributed by atoms with Crippen molar-refractivity contribution in [1.29, 1.82) is 0 Å². The molecular formula is C14H22O3. The van der Waals surface area contributed by atoms with Crippen LogP contribution in [0.15, 0.2) is 18.2 Å². The largest absolute Gasteiger partial charge is 0.490 e. The Morgan fingerprint density at radius 3 is 2.59 bits per heavy atom. The Balaban J connectivity index is 2.76. The van der Waals surface area contributed by atoms with Crippen LogP contribution in [0.25, 0.3) is 0 Å². The van der Waals surface area contributed by atoms with Crippen molar-refractivity contribution < 1.29 is 14.6 Å². The van der Waals surface area contributed by atoms with Crippen molar-refractivity contribution in [2.24, 2.45) is 0 Å². The number of hydrogen-bond acceptors (Lipinski definition) is 3. The summed E-state index contributed by atoms with van der Waals surface area (Å²) < 4.78 is 10.8. The number of aliphatic hydroxyl groups is 1. The standard InChI is InChI=1S/C14H22O3/c1-10-5-6-14(13(9-10)12(3)15)17-11(2)7-8-16-4/h5-6,9,11-12,15H,7-8H2,1-4H3/t11?,12-/m1/s1. The Labute approximate surface area is 103 Å². The monoisotopic (exact) mass is 238 g/mol. The molecule has 17 heavy (non-hydrogen) atoms. The van der Waals surface area contributed by atoms with E-state index in [1.807, 2.05) is 32.0 Å². The van der Waals surface area contributed by atoms with Gasteiger partial charge in [0, 0.05) is 25.7 Å². The van der Waals surface area contributed by atoms with Crippen LogP contribution in [0, 0.1) is 6.92 Å². The van der Waals surface area contributed by atoms with Gasteiger partial charge in [0.2, 0.25) is 0 Å². The molecule has 0 aromatic heterocycles. The molecule has 0 aliphatic carbocycles. The lowest BCUT2D eigenvalue weighted by Crippen LogP contribution is -2.15. The van der Waals surface area contributed by atoms with Crippen molar-refractivity contribution in [2.75, 3.05) is 13.7 Å². The Hall–Kier alpha value is -1.06.